The number of rotatable bonds is 10. The molecule has 15 heavy (non-hydrogen) atoms. The average molecular weight is 215 g/mol. The number of aliphatic hydroxyl groups excluding tert-OH is 1. The Balaban J connectivity index is 3.33. The van der Waals surface area contributed by atoms with E-state index in [0.717, 1.165) is 19.3 Å². The summed E-state index contributed by atoms with van der Waals surface area (Å²) in [6.45, 7) is 4.95. The normalized spacial score (nSPS) is 15.2. The number of aliphatic hydroxyl groups is 1. The van der Waals surface area contributed by atoms with Crippen LogP contribution in [0.3, 0.4) is 0 Å². The van der Waals surface area contributed by atoms with Crippen molar-refractivity contribution in [1.29, 1.82) is 0 Å². The van der Waals surface area contributed by atoms with Gasteiger partial charge in [-0.25, -0.2) is 0 Å². The van der Waals surface area contributed by atoms with Gasteiger partial charge in [-0.3, -0.25) is 0 Å². The fraction of sp³-hybridized carbons (Fsp3) is 1.00. The lowest BCUT2D eigenvalue weighted by molar-refractivity contribution is 0.0975. The topological polar surface area (TPSA) is 46.2 Å². The molecular weight excluding hydrogens is 186 g/mol. The molecule has 0 saturated carbocycles. The molecule has 0 radical (unpaired) electrons. The first kappa shape index (κ1) is 14.9. The van der Waals surface area contributed by atoms with E-state index in [1.54, 1.807) is 0 Å². The van der Waals surface area contributed by atoms with Crippen LogP contribution in [0.15, 0.2) is 0 Å². The third kappa shape index (κ3) is 7.80. The quantitative estimate of drug-likeness (QED) is 0.550. The van der Waals surface area contributed by atoms with Crippen LogP contribution in [0.4, 0.5) is 0 Å². The maximum atomic E-state index is 9.83. The maximum absolute atomic E-state index is 9.83. The SMILES string of the molecule is CCCCCCCCC(O)C(CC)CN. The van der Waals surface area contributed by atoms with Crippen molar-refractivity contribution in [2.75, 3.05) is 6.54 Å². The summed E-state index contributed by atoms with van der Waals surface area (Å²) >= 11 is 0. The van der Waals surface area contributed by atoms with E-state index in [-0.39, 0.29) is 6.10 Å². The fourth-order valence-electron chi connectivity index (χ4n) is 1.97. The van der Waals surface area contributed by atoms with Crippen LogP contribution in [-0.4, -0.2) is 17.8 Å². The molecule has 0 aliphatic heterocycles. The zero-order valence-corrected chi connectivity index (χ0v) is 10.5. The van der Waals surface area contributed by atoms with E-state index in [1.807, 2.05) is 0 Å². The summed E-state index contributed by atoms with van der Waals surface area (Å²) in [6.07, 6.45) is 9.48. The van der Waals surface area contributed by atoms with E-state index in [1.165, 1.54) is 32.1 Å². The second-order valence-corrected chi connectivity index (χ2v) is 4.53. The Morgan fingerprint density at radius 2 is 1.60 bits per heavy atom. The average Bonchev–Trinajstić information content (AvgIpc) is 2.25. The van der Waals surface area contributed by atoms with Gasteiger partial charge < -0.3 is 10.8 Å². The van der Waals surface area contributed by atoms with Crippen LogP contribution >= 0.6 is 0 Å². The third-order valence-electron chi connectivity index (χ3n) is 3.22. The van der Waals surface area contributed by atoms with Crippen molar-refractivity contribution >= 4 is 0 Å². The van der Waals surface area contributed by atoms with Crippen molar-refractivity contribution < 1.29 is 5.11 Å². The van der Waals surface area contributed by atoms with Crippen molar-refractivity contribution in [1.82, 2.24) is 0 Å². The van der Waals surface area contributed by atoms with Gasteiger partial charge >= 0.3 is 0 Å². The number of hydrogen-bond acceptors (Lipinski definition) is 2. The molecule has 2 atom stereocenters. The summed E-state index contributed by atoms with van der Waals surface area (Å²) in [7, 11) is 0. The van der Waals surface area contributed by atoms with Gasteiger partial charge in [0.15, 0.2) is 0 Å². The Kier molecular flexibility index (Phi) is 10.4. The molecular formula is C13H29NO. The Hall–Kier alpha value is -0.0800. The Labute approximate surface area is 95.3 Å². The molecule has 3 N–H and O–H groups in total. The minimum atomic E-state index is -0.175. The number of hydrogen-bond donors (Lipinski definition) is 2. The van der Waals surface area contributed by atoms with Crippen molar-refractivity contribution in [3.63, 3.8) is 0 Å². The second-order valence-electron chi connectivity index (χ2n) is 4.53. The molecule has 0 rings (SSSR count). The van der Waals surface area contributed by atoms with Crippen molar-refractivity contribution in [3.05, 3.63) is 0 Å². The molecule has 2 nitrogen and oxygen atoms in total. The van der Waals surface area contributed by atoms with E-state index < -0.39 is 0 Å². The number of unbranched alkanes of at least 4 members (excludes halogenated alkanes) is 5. The molecule has 0 aliphatic rings. The first-order valence-electron chi connectivity index (χ1n) is 6.64. The molecule has 0 aromatic carbocycles. The van der Waals surface area contributed by atoms with E-state index in [0.29, 0.717) is 12.5 Å². The van der Waals surface area contributed by atoms with Crippen LogP contribution in [-0.2, 0) is 0 Å². The Bertz CT molecular complexity index is 124. The van der Waals surface area contributed by atoms with Crippen LogP contribution < -0.4 is 5.73 Å². The van der Waals surface area contributed by atoms with Gasteiger partial charge in [-0.15, -0.1) is 0 Å². The molecule has 0 fully saturated rings. The first-order valence-corrected chi connectivity index (χ1v) is 6.64. The van der Waals surface area contributed by atoms with E-state index >= 15 is 0 Å². The largest absolute Gasteiger partial charge is 0.393 e. The zero-order valence-electron chi connectivity index (χ0n) is 10.5. The molecule has 0 saturated heterocycles. The summed E-state index contributed by atoms with van der Waals surface area (Å²) in [5.41, 5.74) is 5.59. The summed E-state index contributed by atoms with van der Waals surface area (Å²) < 4.78 is 0. The molecule has 0 spiro atoms. The third-order valence-corrected chi connectivity index (χ3v) is 3.22. The van der Waals surface area contributed by atoms with Gasteiger partial charge in [0, 0.05) is 0 Å². The molecule has 2 unspecified atom stereocenters. The molecule has 0 aromatic rings. The molecule has 0 bridgehead atoms. The van der Waals surface area contributed by atoms with Crippen molar-refractivity contribution in [2.24, 2.45) is 11.7 Å². The van der Waals surface area contributed by atoms with Crippen LogP contribution in [0.2, 0.25) is 0 Å². The molecule has 0 amide bonds. The maximum Gasteiger partial charge on any atom is 0.0580 e. The van der Waals surface area contributed by atoms with Gasteiger partial charge in [-0.2, -0.15) is 0 Å². The van der Waals surface area contributed by atoms with E-state index in [9.17, 15) is 5.11 Å². The van der Waals surface area contributed by atoms with Gasteiger partial charge in [0.2, 0.25) is 0 Å². The van der Waals surface area contributed by atoms with E-state index in [4.69, 9.17) is 5.73 Å². The minimum absolute atomic E-state index is 0.175. The van der Waals surface area contributed by atoms with Gasteiger partial charge in [-0.05, 0) is 25.3 Å². The summed E-state index contributed by atoms with van der Waals surface area (Å²) in [5, 5.41) is 9.83. The monoisotopic (exact) mass is 215 g/mol. The predicted molar refractivity (Wildman–Crippen MR) is 66.8 cm³/mol. The standard InChI is InChI=1S/C13H29NO/c1-3-5-6-7-8-9-10-13(15)12(4-2)11-14/h12-13,15H,3-11,14H2,1-2H3. The van der Waals surface area contributed by atoms with Gasteiger partial charge in [-0.1, -0.05) is 52.4 Å². The first-order chi connectivity index (χ1) is 7.26. The number of nitrogens with two attached hydrogens (primary N) is 1. The Morgan fingerprint density at radius 1 is 1.00 bits per heavy atom. The molecule has 0 heterocycles. The van der Waals surface area contributed by atoms with Crippen LogP contribution in [0.5, 0.6) is 0 Å². The highest BCUT2D eigenvalue weighted by atomic mass is 16.3. The molecule has 0 aliphatic carbocycles. The summed E-state index contributed by atoms with van der Waals surface area (Å²) in [6, 6.07) is 0. The van der Waals surface area contributed by atoms with Crippen LogP contribution in [0.1, 0.15) is 65.2 Å². The molecule has 92 valence electrons. The fourth-order valence-corrected chi connectivity index (χ4v) is 1.97. The summed E-state index contributed by atoms with van der Waals surface area (Å²) in [5.74, 6) is 0.306. The van der Waals surface area contributed by atoms with Gasteiger partial charge in [0.25, 0.3) is 0 Å². The summed E-state index contributed by atoms with van der Waals surface area (Å²) in [4.78, 5) is 0. The molecule has 2 heteroatoms. The highest BCUT2D eigenvalue weighted by molar-refractivity contribution is 4.68. The van der Waals surface area contributed by atoms with Crippen molar-refractivity contribution in [2.45, 2.75) is 71.3 Å². The smallest absolute Gasteiger partial charge is 0.0580 e. The van der Waals surface area contributed by atoms with Gasteiger partial charge in [0.05, 0.1) is 6.10 Å². The zero-order chi connectivity index (χ0) is 11.5. The predicted octanol–water partition coefficient (Wildman–Crippen LogP) is 3.08. The highest BCUT2D eigenvalue weighted by Crippen LogP contribution is 2.15. The lowest BCUT2D eigenvalue weighted by atomic mass is 9.95. The van der Waals surface area contributed by atoms with E-state index in [2.05, 4.69) is 13.8 Å². The lowest BCUT2D eigenvalue weighted by Crippen LogP contribution is -2.27. The minimum Gasteiger partial charge on any atom is -0.393 e. The molecule has 0 aromatic heterocycles. The lowest BCUT2D eigenvalue weighted by Gasteiger charge is -2.19. The van der Waals surface area contributed by atoms with Gasteiger partial charge in [0.1, 0.15) is 0 Å². The van der Waals surface area contributed by atoms with Crippen molar-refractivity contribution in [3.8, 4) is 0 Å². The van der Waals surface area contributed by atoms with Crippen LogP contribution in [0.25, 0.3) is 0 Å². The second kappa shape index (κ2) is 10.4. The Morgan fingerprint density at radius 3 is 2.13 bits per heavy atom. The van der Waals surface area contributed by atoms with Crippen LogP contribution in [0, 0.1) is 5.92 Å². The highest BCUT2D eigenvalue weighted by Gasteiger charge is 2.14.